The quantitative estimate of drug-likeness (QED) is 0.0235. The molecule has 0 amide bonds. The summed E-state index contributed by atoms with van der Waals surface area (Å²) in [4.78, 5) is 67.3. The largest absolute Gasteiger partial charge is 0.493 e. The molecular formula is C78H94Cl4N20O10Si2. The number of hydrogen-bond donors (Lipinski definition) is 12. The number of aryl methyl sites for hydroxylation is 3. The highest BCUT2D eigenvalue weighted by Crippen LogP contribution is 2.42. The van der Waals surface area contributed by atoms with Gasteiger partial charge in [0.05, 0.1) is 96.9 Å². The molecule has 114 heavy (non-hydrogen) atoms. The minimum Gasteiger partial charge on any atom is -0.493 e. The lowest BCUT2D eigenvalue weighted by Gasteiger charge is -2.36. The topological polar surface area (TPSA) is 402 Å². The Morgan fingerprint density at radius 3 is 1.08 bits per heavy atom. The van der Waals surface area contributed by atoms with Crippen molar-refractivity contribution < 1.29 is 33.3 Å². The molecule has 14 N–H and O–H groups in total. The molecule has 13 aromatic rings. The molecule has 0 spiro atoms. The SMILES string of the molecule is CC(C)(C)[Si](C)(C)OCc1ccnc(N)c1.COc1c(Cl)cccc1Nc1cc(Cl)nc2[nH]n(C)c(=O)c12.COc1c(Cl)cccc1Nc1cc(Nc2cc(CO)ccn2)nc2[nH]n(C)c(=O)c12.COc1c(Cl)cccc1Nc1cc(Nc2cc(CO[Si](C)(C)C(C)(C)C)ccn2)nc2[nH]n(C)c(=O)c12.Nc1cc(CO)ccn1. The number of benzene rings is 3. The number of methoxy groups -OCH3 is 3. The molecule has 602 valence electrons. The number of fused-ring (bicyclic) bond motifs is 3. The maximum Gasteiger partial charge on any atom is 0.277 e. The van der Waals surface area contributed by atoms with Gasteiger partial charge in [-0.1, -0.05) is 106 Å². The average molecular weight is 1670 g/mol. The minimum atomic E-state index is -1.89. The van der Waals surface area contributed by atoms with Gasteiger partial charge in [0, 0.05) is 58.1 Å². The third-order valence-corrected chi connectivity index (χ3v) is 28.8. The summed E-state index contributed by atoms with van der Waals surface area (Å²) in [7, 11) is 5.92. The summed E-state index contributed by atoms with van der Waals surface area (Å²) in [6.07, 6.45) is 6.62. The number of para-hydroxylation sites is 3. The van der Waals surface area contributed by atoms with E-state index in [1.807, 2.05) is 30.3 Å². The molecule has 0 radical (unpaired) electrons. The molecule has 10 heterocycles. The molecule has 13 rings (SSSR count). The van der Waals surface area contributed by atoms with E-state index in [0.717, 1.165) is 16.7 Å². The molecule has 0 saturated carbocycles. The van der Waals surface area contributed by atoms with Gasteiger partial charge in [0.2, 0.25) is 0 Å². The van der Waals surface area contributed by atoms with Crippen molar-refractivity contribution in [1.82, 2.24) is 64.2 Å². The molecule has 10 aromatic heterocycles. The Morgan fingerprint density at radius 1 is 0.421 bits per heavy atom. The Morgan fingerprint density at radius 2 is 0.737 bits per heavy atom. The first-order chi connectivity index (χ1) is 53.9. The standard InChI is InChI=1S/C26H33ClN6O3Si.C20H19ClN6O3.C14H12Cl2N4O2.C12H22N2OSi.C6H8N2O/c1-26(2,3)37(6,7)36-15-16-11-12-28-20(13-16)30-21-14-19(22-24(31-21)32-33(4)25(22)34)29-18-10-8-9-17(27)23(18)35-5;1-27-20(29)17-14(23-13-5-3-4-12(21)18(13)30-2)9-16(25-19(17)26-27)24-15-8-11(10-28)6-7-22-15;1-20-14(21)11-9(6-10(16)18-13(11)19-20)17-8-5-3-4-7(15)12(8)22-2;1-12(2,3)16(4,5)15-9-10-6-7-14-11(13)8-10;7-6-3-5(4-9)1-2-8-6/h8-14H,15H2,1-7H3,(H3,28,29,30,31,32);3-9,28H,10H2,1-2H3,(H3,22,23,24,25,26);3-6H,1-2H3,(H2,17,18,19);6-8H,9H2,1-5H3,(H2,13,14);1-3,9H,4H2,(H2,7,8). The number of pyridine rings is 7. The number of nitrogen functional groups attached to an aromatic ring is 2. The van der Waals surface area contributed by atoms with Crippen molar-refractivity contribution in [2.45, 2.75) is 104 Å². The predicted molar refractivity (Wildman–Crippen MR) is 461 cm³/mol. The maximum absolute atomic E-state index is 12.8. The molecule has 0 aliphatic carbocycles. The van der Waals surface area contributed by atoms with Crippen LogP contribution >= 0.6 is 46.4 Å². The summed E-state index contributed by atoms with van der Waals surface area (Å²) in [6, 6.07) is 35.5. The Labute approximate surface area is 680 Å². The number of ether oxygens (including phenoxy) is 3. The summed E-state index contributed by atoms with van der Waals surface area (Å²) in [6.45, 7) is 23.4. The van der Waals surface area contributed by atoms with E-state index < -0.39 is 16.6 Å². The number of hydrogen-bond acceptors (Lipinski definition) is 24. The van der Waals surface area contributed by atoms with Crippen LogP contribution in [0.2, 0.25) is 56.5 Å². The number of aliphatic hydroxyl groups is 2. The van der Waals surface area contributed by atoms with Crippen LogP contribution in [0.1, 0.15) is 63.8 Å². The predicted octanol–water partition coefficient (Wildman–Crippen LogP) is 16.3. The van der Waals surface area contributed by atoms with Crippen LogP contribution in [0.4, 0.5) is 69.0 Å². The number of aliphatic hydroxyl groups excluding tert-OH is 2. The van der Waals surface area contributed by atoms with Crippen LogP contribution in [0.25, 0.3) is 33.1 Å². The van der Waals surface area contributed by atoms with Crippen LogP contribution in [0.3, 0.4) is 0 Å². The van der Waals surface area contributed by atoms with Crippen LogP contribution < -0.4 is 68.9 Å². The van der Waals surface area contributed by atoms with Gasteiger partial charge in [-0.25, -0.2) is 34.9 Å². The zero-order chi connectivity index (χ0) is 83.1. The number of rotatable bonds is 21. The second kappa shape index (κ2) is 37.7. The van der Waals surface area contributed by atoms with E-state index in [4.69, 9.17) is 86.0 Å². The van der Waals surface area contributed by atoms with Crippen LogP contribution in [-0.4, -0.2) is 112 Å². The van der Waals surface area contributed by atoms with Gasteiger partial charge >= 0.3 is 0 Å². The Balaban J connectivity index is 0.000000174. The molecule has 36 heteroatoms. The van der Waals surface area contributed by atoms with E-state index in [1.54, 1.807) is 144 Å². The molecule has 0 unspecified atom stereocenters. The summed E-state index contributed by atoms with van der Waals surface area (Å²) in [5, 5.41) is 45.9. The number of nitrogens with one attached hydrogen (secondary N) is 8. The molecule has 0 aliphatic rings. The molecule has 0 saturated heterocycles. The lowest BCUT2D eigenvalue weighted by atomic mass is 10.2. The summed E-state index contributed by atoms with van der Waals surface area (Å²) in [5.41, 5.74) is 18.6. The van der Waals surface area contributed by atoms with Gasteiger partial charge in [0.15, 0.2) is 50.8 Å². The molecule has 3 aromatic carbocycles. The summed E-state index contributed by atoms with van der Waals surface area (Å²) >= 11 is 24.7. The van der Waals surface area contributed by atoms with Crippen molar-refractivity contribution in [3.05, 3.63) is 220 Å². The monoisotopic (exact) mass is 1670 g/mol. The van der Waals surface area contributed by atoms with E-state index in [9.17, 15) is 19.5 Å². The number of halogens is 4. The van der Waals surface area contributed by atoms with Crippen molar-refractivity contribution in [2.75, 3.05) is 59.4 Å². The van der Waals surface area contributed by atoms with Crippen molar-refractivity contribution >= 4 is 165 Å². The molecule has 0 fully saturated rings. The molecule has 0 aliphatic heterocycles. The van der Waals surface area contributed by atoms with E-state index in [1.165, 1.54) is 28.3 Å². The highest BCUT2D eigenvalue weighted by Gasteiger charge is 2.38. The average Bonchev–Trinajstić information content (AvgIpc) is 1.62. The lowest BCUT2D eigenvalue weighted by molar-refractivity contribution is 0.276. The number of aromatic nitrogens is 13. The first-order valence-corrected chi connectivity index (χ1v) is 42.9. The van der Waals surface area contributed by atoms with E-state index >= 15 is 0 Å². The maximum atomic E-state index is 12.8. The smallest absolute Gasteiger partial charge is 0.277 e. The van der Waals surface area contributed by atoms with Gasteiger partial charge in [-0.3, -0.25) is 43.7 Å². The normalized spacial score (nSPS) is 11.5. The fourth-order valence-electron chi connectivity index (χ4n) is 10.6. The summed E-state index contributed by atoms with van der Waals surface area (Å²) < 4.78 is 32.7. The van der Waals surface area contributed by atoms with Crippen LogP contribution in [0.15, 0.2) is 160 Å². The number of aromatic amines is 3. The third-order valence-electron chi connectivity index (χ3n) is 18.8. The minimum absolute atomic E-state index is 0.0206. The summed E-state index contributed by atoms with van der Waals surface area (Å²) in [5.74, 6) is 4.51. The second-order valence-electron chi connectivity index (χ2n) is 29.0. The fourth-order valence-corrected chi connectivity index (χ4v) is 13.5. The molecular weight excluding hydrogens is 1570 g/mol. The number of nitrogens with two attached hydrogens (primary N) is 2. The van der Waals surface area contributed by atoms with Gasteiger partial charge in [-0.2, -0.15) is 0 Å². The number of nitrogens with zero attached hydrogens (tertiary/aromatic N) is 10. The zero-order valence-corrected chi connectivity index (χ0v) is 71.0. The van der Waals surface area contributed by atoms with Crippen LogP contribution in [-0.2, 0) is 56.4 Å². The van der Waals surface area contributed by atoms with Crippen LogP contribution in [0, 0.1) is 0 Å². The van der Waals surface area contributed by atoms with Crippen LogP contribution in [0.5, 0.6) is 17.2 Å². The number of anilines is 12. The first-order valence-electron chi connectivity index (χ1n) is 35.5. The Kier molecular flexibility index (Phi) is 28.8. The highest BCUT2D eigenvalue weighted by atomic mass is 35.5. The van der Waals surface area contributed by atoms with Gasteiger partial charge in [0.25, 0.3) is 16.7 Å². The van der Waals surface area contributed by atoms with Crippen molar-refractivity contribution in [3.8, 4) is 17.2 Å². The second-order valence-corrected chi connectivity index (χ2v) is 40.2. The Hall–Kier alpha value is -11.0. The molecule has 30 nitrogen and oxygen atoms in total. The first kappa shape index (κ1) is 86.9. The highest BCUT2D eigenvalue weighted by molar-refractivity contribution is 6.74. The van der Waals surface area contributed by atoms with Gasteiger partial charge in [-0.05, 0) is 150 Å². The number of H-pyrrole nitrogens is 3. The lowest BCUT2D eigenvalue weighted by Crippen LogP contribution is -2.40. The molecule has 0 atom stereocenters. The van der Waals surface area contributed by atoms with E-state index in [2.05, 4.69) is 144 Å². The van der Waals surface area contributed by atoms with Crippen molar-refractivity contribution in [1.29, 1.82) is 0 Å². The fraction of sp³-hybridized carbons (Fsp3) is 0.282. The van der Waals surface area contributed by atoms with Gasteiger partial charge in [-0.15, -0.1) is 0 Å². The van der Waals surface area contributed by atoms with Gasteiger partial charge in [0.1, 0.15) is 56.2 Å². The third kappa shape index (κ3) is 21.8. The zero-order valence-electron chi connectivity index (χ0n) is 66.0. The van der Waals surface area contributed by atoms with Crippen molar-refractivity contribution in [3.63, 3.8) is 0 Å². The molecule has 0 bridgehead atoms. The van der Waals surface area contributed by atoms with E-state index in [-0.39, 0.29) is 45.1 Å². The van der Waals surface area contributed by atoms with Crippen molar-refractivity contribution in [2.24, 2.45) is 21.1 Å². The van der Waals surface area contributed by atoms with Gasteiger partial charge < -0.3 is 71.3 Å². The Bertz CT molecular complexity index is 5720. The van der Waals surface area contributed by atoms with E-state index in [0.29, 0.717) is 153 Å².